The third-order valence-electron chi connectivity index (χ3n) is 2.49. The first-order valence-corrected chi connectivity index (χ1v) is 6.01. The number of thioether (sulfide) groups is 1. The van der Waals surface area contributed by atoms with Gasteiger partial charge in [0.2, 0.25) is 0 Å². The van der Waals surface area contributed by atoms with Gasteiger partial charge in [-0.05, 0) is 18.8 Å². The zero-order valence-electron chi connectivity index (χ0n) is 8.17. The Morgan fingerprint density at radius 2 is 1.93 bits per heavy atom. The van der Waals surface area contributed by atoms with Gasteiger partial charge in [0.05, 0.1) is 19.3 Å². The van der Waals surface area contributed by atoms with Crippen molar-refractivity contribution in [1.82, 2.24) is 0 Å². The molecule has 1 fully saturated rings. The quantitative estimate of drug-likeness (QED) is 0.451. The molecule has 3 atom stereocenters. The molecule has 1 rings (SSSR count). The molecule has 0 aromatic heterocycles. The maximum absolute atomic E-state index is 9.15. The van der Waals surface area contributed by atoms with E-state index in [0.29, 0.717) is 11.7 Å². The van der Waals surface area contributed by atoms with Crippen molar-refractivity contribution < 1.29 is 15.3 Å². The Hall–Kier alpha value is 0.190. The highest BCUT2D eigenvalue weighted by molar-refractivity contribution is 8.00. The molecule has 0 aromatic rings. The molecule has 0 aliphatic heterocycles. The summed E-state index contributed by atoms with van der Waals surface area (Å²) in [6.45, 7) is -0.190. The minimum Gasteiger partial charge on any atom is -0.395 e. The van der Waals surface area contributed by atoms with Gasteiger partial charge in [0.1, 0.15) is 0 Å². The van der Waals surface area contributed by atoms with E-state index in [9.17, 15) is 0 Å². The van der Waals surface area contributed by atoms with Crippen molar-refractivity contribution in [1.29, 1.82) is 0 Å². The maximum atomic E-state index is 9.15. The van der Waals surface area contributed by atoms with Crippen LogP contribution >= 0.6 is 11.8 Å². The third kappa shape index (κ3) is 3.74. The Kier molecular flexibility index (Phi) is 5.19. The van der Waals surface area contributed by atoms with Gasteiger partial charge in [-0.3, -0.25) is 0 Å². The molecule has 0 bridgehead atoms. The highest BCUT2D eigenvalue weighted by Gasteiger charge is 2.33. The summed E-state index contributed by atoms with van der Waals surface area (Å²) in [5.41, 5.74) is 5.94. The van der Waals surface area contributed by atoms with E-state index in [1.54, 1.807) is 0 Å². The monoisotopic (exact) mass is 221 g/mol. The summed E-state index contributed by atoms with van der Waals surface area (Å²) in [4.78, 5) is 0. The molecule has 1 aliphatic carbocycles. The SMILES string of the molecule is NC(C1CC1)C(CO)SCC(O)CO. The highest BCUT2D eigenvalue weighted by Crippen LogP contribution is 2.35. The molecule has 0 radical (unpaired) electrons. The molecule has 14 heavy (non-hydrogen) atoms. The Balaban J connectivity index is 2.23. The normalized spacial score (nSPS) is 23.1. The van der Waals surface area contributed by atoms with Crippen LogP contribution in [0.3, 0.4) is 0 Å². The van der Waals surface area contributed by atoms with E-state index < -0.39 is 6.10 Å². The zero-order valence-corrected chi connectivity index (χ0v) is 8.99. The fourth-order valence-corrected chi connectivity index (χ4v) is 2.48. The number of aliphatic hydroxyl groups excluding tert-OH is 3. The molecule has 1 saturated carbocycles. The van der Waals surface area contributed by atoms with E-state index in [-0.39, 0.29) is 24.5 Å². The molecular formula is C9H19NO3S. The van der Waals surface area contributed by atoms with Gasteiger partial charge in [-0.1, -0.05) is 0 Å². The molecular weight excluding hydrogens is 202 g/mol. The standard InChI is InChI=1S/C9H19NO3S/c10-9(6-1-2-6)8(4-12)14-5-7(13)3-11/h6-9,11-13H,1-5,10H2. The van der Waals surface area contributed by atoms with Crippen LogP contribution < -0.4 is 5.73 Å². The smallest absolute Gasteiger partial charge is 0.0861 e. The van der Waals surface area contributed by atoms with Crippen LogP contribution in [0.25, 0.3) is 0 Å². The predicted molar refractivity (Wildman–Crippen MR) is 57.1 cm³/mol. The molecule has 3 unspecified atom stereocenters. The van der Waals surface area contributed by atoms with E-state index in [1.165, 1.54) is 11.8 Å². The van der Waals surface area contributed by atoms with Crippen molar-refractivity contribution in [3.63, 3.8) is 0 Å². The second-order valence-corrected chi connectivity index (χ2v) is 5.08. The number of aliphatic hydroxyl groups is 3. The fraction of sp³-hybridized carbons (Fsp3) is 1.00. The van der Waals surface area contributed by atoms with Gasteiger partial charge in [-0.15, -0.1) is 0 Å². The van der Waals surface area contributed by atoms with Crippen molar-refractivity contribution in [3.8, 4) is 0 Å². The lowest BCUT2D eigenvalue weighted by Crippen LogP contribution is -2.38. The van der Waals surface area contributed by atoms with Gasteiger partial charge >= 0.3 is 0 Å². The summed E-state index contributed by atoms with van der Waals surface area (Å²) >= 11 is 1.45. The van der Waals surface area contributed by atoms with Gasteiger partial charge in [0.25, 0.3) is 0 Å². The maximum Gasteiger partial charge on any atom is 0.0861 e. The molecule has 1 aliphatic rings. The molecule has 4 nitrogen and oxygen atoms in total. The van der Waals surface area contributed by atoms with Gasteiger partial charge in [-0.25, -0.2) is 0 Å². The summed E-state index contributed by atoms with van der Waals surface area (Å²) < 4.78 is 0. The van der Waals surface area contributed by atoms with Gasteiger partial charge < -0.3 is 21.1 Å². The van der Waals surface area contributed by atoms with E-state index >= 15 is 0 Å². The van der Waals surface area contributed by atoms with Crippen molar-refractivity contribution >= 4 is 11.8 Å². The molecule has 0 saturated heterocycles. The second kappa shape index (κ2) is 5.92. The first-order valence-electron chi connectivity index (χ1n) is 4.96. The summed E-state index contributed by atoms with van der Waals surface area (Å²) in [5.74, 6) is 0.980. The Morgan fingerprint density at radius 1 is 1.29 bits per heavy atom. The molecule has 0 aromatic carbocycles. The molecule has 84 valence electrons. The van der Waals surface area contributed by atoms with Crippen LogP contribution in [0.15, 0.2) is 0 Å². The van der Waals surface area contributed by atoms with Crippen molar-refractivity contribution in [3.05, 3.63) is 0 Å². The van der Waals surface area contributed by atoms with E-state index in [2.05, 4.69) is 0 Å². The van der Waals surface area contributed by atoms with Crippen LogP contribution in [0.4, 0.5) is 0 Å². The molecule has 5 N–H and O–H groups in total. The average molecular weight is 221 g/mol. The molecule has 5 heteroatoms. The van der Waals surface area contributed by atoms with E-state index in [0.717, 1.165) is 12.8 Å². The Morgan fingerprint density at radius 3 is 2.36 bits per heavy atom. The second-order valence-electron chi connectivity index (χ2n) is 3.81. The predicted octanol–water partition coefficient (Wildman–Crippen LogP) is -0.829. The topological polar surface area (TPSA) is 86.7 Å². The van der Waals surface area contributed by atoms with Gasteiger partial charge in [0, 0.05) is 17.0 Å². The summed E-state index contributed by atoms with van der Waals surface area (Å²) in [6, 6.07) is 0.0240. The van der Waals surface area contributed by atoms with Crippen LogP contribution in [0.5, 0.6) is 0 Å². The summed E-state index contributed by atoms with van der Waals surface area (Å²) in [7, 11) is 0. The molecule has 0 amide bonds. The molecule has 0 spiro atoms. The summed E-state index contributed by atoms with van der Waals surface area (Å²) in [6.07, 6.45) is 1.60. The first-order chi connectivity index (χ1) is 6.69. The first kappa shape index (κ1) is 12.3. The average Bonchev–Trinajstić information content (AvgIpc) is 3.01. The Labute approximate surface area is 88.5 Å². The lowest BCUT2D eigenvalue weighted by atomic mass is 10.1. The van der Waals surface area contributed by atoms with Crippen LogP contribution in [-0.2, 0) is 0 Å². The van der Waals surface area contributed by atoms with Crippen LogP contribution in [0, 0.1) is 5.92 Å². The number of hydrogen-bond donors (Lipinski definition) is 4. The van der Waals surface area contributed by atoms with Gasteiger partial charge in [-0.2, -0.15) is 11.8 Å². The minimum absolute atomic E-state index is 0.0105. The zero-order chi connectivity index (χ0) is 10.6. The van der Waals surface area contributed by atoms with Crippen LogP contribution in [-0.4, -0.2) is 51.7 Å². The minimum atomic E-state index is -0.708. The number of nitrogens with two attached hydrogens (primary N) is 1. The van der Waals surface area contributed by atoms with E-state index in [4.69, 9.17) is 21.1 Å². The lowest BCUT2D eigenvalue weighted by molar-refractivity contribution is 0.113. The largest absolute Gasteiger partial charge is 0.395 e. The summed E-state index contributed by atoms with van der Waals surface area (Å²) in [5, 5.41) is 26.9. The van der Waals surface area contributed by atoms with Crippen molar-refractivity contribution in [2.24, 2.45) is 11.7 Å². The van der Waals surface area contributed by atoms with Gasteiger partial charge in [0.15, 0.2) is 0 Å². The van der Waals surface area contributed by atoms with E-state index in [1.807, 2.05) is 0 Å². The lowest BCUT2D eigenvalue weighted by Gasteiger charge is -2.22. The number of rotatable bonds is 7. The number of hydrogen-bond acceptors (Lipinski definition) is 5. The van der Waals surface area contributed by atoms with Crippen LogP contribution in [0.1, 0.15) is 12.8 Å². The van der Waals surface area contributed by atoms with Crippen LogP contribution in [0.2, 0.25) is 0 Å². The third-order valence-corrected chi connectivity index (χ3v) is 3.96. The fourth-order valence-electron chi connectivity index (χ4n) is 1.36. The van der Waals surface area contributed by atoms with Crippen molar-refractivity contribution in [2.45, 2.75) is 30.2 Å². The highest BCUT2D eigenvalue weighted by atomic mass is 32.2. The molecule has 0 heterocycles. The Bertz CT molecular complexity index is 166. The van der Waals surface area contributed by atoms with Crippen molar-refractivity contribution in [2.75, 3.05) is 19.0 Å².